The van der Waals surface area contributed by atoms with Crippen LogP contribution in [-0.4, -0.2) is 9.55 Å². The summed E-state index contributed by atoms with van der Waals surface area (Å²) in [5.74, 6) is -0.526. The van der Waals surface area contributed by atoms with Gasteiger partial charge in [-0.2, -0.15) is 0 Å². The molecule has 2 aromatic heterocycles. The van der Waals surface area contributed by atoms with E-state index in [2.05, 4.69) is 20.9 Å². The largest absolute Gasteiger partial charge is 0.270 e. The summed E-state index contributed by atoms with van der Waals surface area (Å²) in [4.78, 5) is 15.4. The zero-order valence-electron chi connectivity index (χ0n) is 7.52. The molecule has 0 amide bonds. The summed E-state index contributed by atoms with van der Waals surface area (Å²) in [6, 6.07) is 5.97. The third kappa shape index (κ3) is 1.83. The van der Waals surface area contributed by atoms with E-state index in [-0.39, 0.29) is 11.4 Å². The van der Waals surface area contributed by atoms with Crippen molar-refractivity contribution in [1.82, 2.24) is 9.55 Å². The maximum absolute atomic E-state index is 13.3. The van der Waals surface area contributed by atoms with Crippen molar-refractivity contribution in [1.29, 1.82) is 0 Å². The van der Waals surface area contributed by atoms with E-state index in [0.29, 0.717) is 4.47 Å². The standard InChI is InChI=1S/C10H6BrFN2O/c11-7-3-2-6-14(10(7)15)9-8(12)4-1-5-13-9/h1-6H. The first kappa shape index (κ1) is 10.0. The van der Waals surface area contributed by atoms with Crippen LogP contribution in [0.1, 0.15) is 0 Å². The number of pyridine rings is 2. The maximum Gasteiger partial charge on any atom is 0.270 e. The van der Waals surface area contributed by atoms with Gasteiger partial charge in [-0.05, 0) is 40.2 Å². The smallest absolute Gasteiger partial charge is 0.268 e. The fourth-order valence-corrected chi connectivity index (χ4v) is 1.53. The van der Waals surface area contributed by atoms with Crippen LogP contribution in [0.4, 0.5) is 4.39 Å². The predicted molar refractivity (Wildman–Crippen MR) is 57.5 cm³/mol. The Morgan fingerprint density at radius 3 is 2.87 bits per heavy atom. The lowest BCUT2D eigenvalue weighted by atomic mass is 10.4. The number of rotatable bonds is 1. The fourth-order valence-electron chi connectivity index (χ4n) is 1.19. The second kappa shape index (κ2) is 3.94. The minimum Gasteiger partial charge on any atom is -0.268 e. The Bertz CT molecular complexity index is 553. The summed E-state index contributed by atoms with van der Waals surface area (Å²) in [5, 5.41) is 0. The Hall–Kier alpha value is -1.49. The molecule has 15 heavy (non-hydrogen) atoms. The molecule has 0 saturated heterocycles. The number of nitrogens with zero attached hydrogens (tertiary/aromatic N) is 2. The van der Waals surface area contributed by atoms with Crippen LogP contribution in [0, 0.1) is 5.82 Å². The minimum absolute atomic E-state index is 0.00352. The second-order valence-electron chi connectivity index (χ2n) is 2.84. The summed E-state index contributed by atoms with van der Waals surface area (Å²) in [6.07, 6.45) is 2.91. The van der Waals surface area contributed by atoms with E-state index in [1.54, 1.807) is 12.1 Å². The van der Waals surface area contributed by atoms with Crippen molar-refractivity contribution in [2.45, 2.75) is 0 Å². The highest BCUT2D eigenvalue weighted by Gasteiger charge is 2.07. The molecule has 0 N–H and O–H groups in total. The molecule has 0 aromatic carbocycles. The monoisotopic (exact) mass is 268 g/mol. The van der Waals surface area contributed by atoms with Crippen LogP contribution in [0.25, 0.3) is 5.82 Å². The Morgan fingerprint density at radius 1 is 1.33 bits per heavy atom. The van der Waals surface area contributed by atoms with Gasteiger partial charge in [-0.25, -0.2) is 9.37 Å². The Morgan fingerprint density at radius 2 is 2.13 bits per heavy atom. The van der Waals surface area contributed by atoms with Crippen LogP contribution in [-0.2, 0) is 0 Å². The molecule has 76 valence electrons. The van der Waals surface area contributed by atoms with Crippen LogP contribution in [0.2, 0.25) is 0 Å². The molecule has 2 aromatic rings. The highest BCUT2D eigenvalue weighted by molar-refractivity contribution is 9.10. The zero-order valence-corrected chi connectivity index (χ0v) is 9.11. The summed E-state index contributed by atoms with van der Waals surface area (Å²) >= 11 is 3.08. The van der Waals surface area contributed by atoms with Gasteiger partial charge in [0.15, 0.2) is 11.6 Å². The van der Waals surface area contributed by atoms with Gasteiger partial charge in [0.2, 0.25) is 0 Å². The van der Waals surface area contributed by atoms with E-state index in [1.807, 2.05) is 0 Å². The topological polar surface area (TPSA) is 34.9 Å². The van der Waals surface area contributed by atoms with E-state index < -0.39 is 5.82 Å². The molecule has 2 heterocycles. The first-order valence-electron chi connectivity index (χ1n) is 4.18. The van der Waals surface area contributed by atoms with Gasteiger partial charge >= 0.3 is 0 Å². The van der Waals surface area contributed by atoms with Crippen molar-refractivity contribution < 1.29 is 4.39 Å². The first-order chi connectivity index (χ1) is 7.20. The van der Waals surface area contributed by atoms with E-state index in [0.717, 1.165) is 4.57 Å². The number of hydrogen-bond acceptors (Lipinski definition) is 2. The highest BCUT2D eigenvalue weighted by atomic mass is 79.9. The van der Waals surface area contributed by atoms with Gasteiger partial charge < -0.3 is 0 Å². The van der Waals surface area contributed by atoms with Gasteiger partial charge in [0, 0.05) is 12.4 Å². The molecule has 3 nitrogen and oxygen atoms in total. The van der Waals surface area contributed by atoms with E-state index in [9.17, 15) is 9.18 Å². The van der Waals surface area contributed by atoms with Crippen molar-refractivity contribution in [2.24, 2.45) is 0 Å². The molecule has 0 radical (unpaired) electrons. The summed E-state index contributed by atoms with van der Waals surface area (Å²) in [7, 11) is 0. The molecule has 0 aliphatic rings. The minimum atomic E-state index is -0.530. The molecule has 0 aliphatic carbocycles. The molecule has 0 spiro atoms. The molecule has 0 saturated carbocycles. The summed E-state index contributed by atoms with van der Waals surface area (Å²) in [5.41, 5.74) is -0.338. The molecule has 0 fully saturated rings. The SMILES string of the molecule is O=c1c(Br)cccn1-c1ncccc1F. The van der Waals surface area contributed by atoms with Gasteiger partial charge in [-0.1, -0.05) is 0 Å². The third-order valence-electron chi connectivity index (χ3n) is 1.87. The first-order valence-corrected chi connectivity index (χ1v) is 4.97. The zero-order chi connectivity index (χ0) is 10.8. The number of hydrogen-bond donors (Lipinski definition) is 0. The quantitative estimate of drug-likeness (QED) is 0.794. The molecule has 0 bridgehead atoms. The van der Waals surface area contributed by atoms with E-state index in [4.69, 9.17) is 0 Å². The predicted octanol–water partition coefficient (Wildman–Crippen LogP) is 2.13. The molecule has 0 aliphatic heterocycles. The van der Waals surface area contributed by atoms with Crippen LogP contribution in [0.15, 0.2) is 45.9 Å². The number of aromatic nitrogens is 2. The lowest BCUT2D eigenvalue weighted by molar-refractivity contribution is 0.607. The van der Waals surface area contributed by atoms with Crippen LogP contribution in [0.3, 0.4) is 0 Å². The van der Waals surface area contributed by atoms with Crippen molar-refractivity contribution in [2.75, 3.05) is 0 Å². The average molecular weight is 269 g/mol. The second-order valence-corrected chi connectivity index (χ2v) is 3.69. The van der Waals surface area contributed by atoms with Crippen LogP contribution in [0.5, 0.6) is 0 Å². The van der Waals surface area contributed by atoms with Crippen molar-refractivity contribution in [3.8, 4) is 5.82 Å². The third-order valence-corrected chi connectivity index (χ3v) is 2.47. The van der Waals surface area contributed by atoms with Crippen LogP contribution >= 0.6 is 15.9 Å². The van der Waals surface area contributed by atoms with Gasteiger partial charge in [0.05, 0.1) is 4.47 Å². The number of halogens is 2. The van der Waals surface area contributed by atoms with Gasteiger partial charge in [0.25, 0.3) is 5.56 Å². The molecule has 5 heteroatoms. The Labute approximate surface area is 93.3 Å². The fraction of sp³-hybridized carbons (Fsp3) is 0. The van der Waals surface area contributed by atoms with E-state index >= 15 is 0 Å². The van der Waals surface area contributed by atoms with Crippen molar-refractivity contribution in [3.63, 3.8) is 0 Å². The Balaban J connectivity index is 2.70. The molecular formula is C10H6BrFN2O. The molecule has 0 atom stereocenters. The lowest BCUT2D eigenvalue weighted by Gasteiger charge is -2.04. The summed E-state index contributed by atoms with van der Waals surface area (Å²) in [6.45, 7) is 0. The maximum atomic E-state index is 13.3. The van der Waals surface area contributed by atoms with Crippen LogP contribution < -0.4 is 5.56 Å². The van der Waals surface area contributed by atoms with E-state index in [1.165, 1.54) is 24.5 Å². The molecular weight excluding hydrogens is 263 g/mol. The normalized spacial score (nSPS) is 10.3. The average Bonchev–Trinajstić information content (AvgIpc) is 2.23. The Kier molecular flexibility index (Phi) is 2.64. The highest BCUT2D eigenvalue weighted by Crippen LogP contribution is 2.08. The van der Waals surface area contributed by atoms with Gasteiger partial charge in [-0.3, -0.25) is 9.36 Å². The molecule has 0 unspecified atom stereocenters. The molecule has 2 rings (SSSR count). The van der Waals surface area contributed by atoms with Gasteiger partial charge in [0.1, 0.15) is 0 Å². The van der Waals surface area contributed by atoms with Crippen molar-refractivity contribution in [3.05, 3.63) is 57.3 Å². The lowest BCUT2D eigenvalue weighted by Crippen LogP contribution is -2.19. The van der Waals surface area contributed by atoms with Crippen molar-refractivity contribution >= 4 is 15.9 Å². The summed E-state index contributed by atoms with van der Waals surface area (Å²) < 4.78 is 14.9. The van der Waals surface area contributed by atoms with Gasteiger partial charge in [-0.15, -0.1) is 0 Å².